The fourth-order valence-electron chi connectivity index (χ4n) is 8.99. The summed E-state index contributed by atoms with van der Waals surface area (Å²) < 4.78 is 25.6. The fourth-order valence-corrected chi connectivity index (χ4v) is 8.99. The molecule has 9 atom stereocenters. The molecule has 2 unspecified atom stereocenters. The zero-order chi connectivity index (χ0) is 22.5. The van der Waals surface area contributed by atoms with Crippen LogP contribution in [0, 0.1) is 28.6 Å². The molecule has 0 spiro atoms. The Bertz CT molecular complexity index is 723. The molecule has 0 bridgehead atoms. The van der Waals surface area contributed by atoms with Crippen LogP contribution in [0.1, 0.15) is 104 Å². The van der Waals surface area contributed by atoms with Gasteiger partial charge in [0.15, 0.2) is 12.6 Å². The summed E-state index contributed by atoms with van der Waals surface area (Å²) in [5, 5.41) is 0. The number of allylic oxidation sites excluding steroid dienone is 1. The number of hydrogen-bond donors (Lipinski definition) is 0. The van der Waals surface area contributed by atoms with Crippen molar-refractivity contribution in [3.05, 3.63) is 11.6 Å². The lowest BCUT2D eigenvalue weighted by atomic mass is 9.47. The largest absolute Gasteiger partial charge is 0.353 e. The monoisotopic (exact) mass is 459 g/mol. The van der Waals surface area contributed by atoms with Crippen LogP contribution in [0.15, 0.2) is 11.6 Å². The maximum Gasteiger partial charge on any atom is 0.157 e. The summed E-state index contributed by atoms with van der Waals surface area (Å²) in [4.78, 5) is 0. The SMILES string of the molecule is C[C@@]12CCC[C@H]1[C@@H]1CC=C3C[C@@H]([17O]C4CCCCO4)C[C@H](OC4CCCCO4)[C@]3(C)[C@H]1CC2. The van der Waals surface area contributed by atoms with Crippen molar-refractivity contribution >= 4 is 0 Å². The molecule has 4 aliphatic carbocycles. The van der Waals surface area contributed by atoms with Gasteiger partial charge in [-0.2, -0.15) is 0 Å². The van der Waals surface area contributed by atoms with E-state index >= 15 is 0 Å². The first-order valence-corrected chi connectivity index (χ1v) is 14.3. The van der Waals surface area contributed by atoms with Gasteiger partial charge in [0, 0.05) is 25.0 Å². The van der Waals surface area contributed by atoms with E-state index in [9.17, 15) is 0 Å². The molecule has 3 saturated carbocycles. The first-order chi connectivity index (χ1) is 16.1. The molecule has 2 aliphatic heterocycles. The lowest BCUT2D eigenvalue weighted by Gasteiger charge is -2.60. The number of ether oxygens (including phenoxy) is 4. The maximum atomic E-state index is 6.93. The van der Waals surface area contributed by atoms with E-state index in [1.165, 1.54) is 64.2 Å². The summed E-state index contributed by atoms with van der Waals surface area (Å²) in [5.41, 5.74) is 2.34. The minimum atomic E-state index is -0.0350. The van der Waals surface area contributed by atoms with Crippen LogP contribution >= 0.6 is 0 Å². The second-order valence-electron chi connectivity index (χ2n) is 12.6. The van der Waals surface area contributed by atoms with E-state index in [1.807, 2.05) is 0 Å². The Morgan fingerprint density at radius 1 is 0.909 bits per heavy atom. The summed E-state index contributed by atoms with van der Waals surface area (Å²) in [6.45, 7) is 6.85. The average molecular weight is 460 g/mol. The van der Waals surface area contributed by atoms with Gasteiger partial charge in [0.1, 0.15) is 0 Å². The minimum absolute atomic E-state index is 0.0227. The molecule has 0 aromatic carbocycles. The number of hydrogen-bond acceptors (Lipinski definition) is 4. The normalized spacial score (nSPS) is 50.1. The summed E-state index contributed by atoms with van der Waals surface area (Å²) in [5.74, 6) is 2.48. The second-order valence-corrected chi connectivity index (χ2v) is 12.6. The van der Waals surface area contributed by atoms with Gasteiger partial charge in [-0.15, -0.1) is 0 Å². The van der Waals surface area contributed by atoms with Crippen molar-refractivity contribution in [2.75, 3.05) is 13.2 Å². The number of fused-ring (bicyclic) bond motifs is 5. The highest BCUT2D eigenvalue weighted by molar-refractivity contribution is 5.28. The van der Waals surface area contributed by atoms with Crippen molar-refractivity contribution in [3.63, 3.8) is 0 Å². The van der Waals surface area contributed by atoms with E-state index in [1.54, 1.807) is 5.57 Å². The van der Waals surface area contributed by atoms with Crippen LogP contribution in [0.4, 0.5) is 0 Å². The molecule has 4 heteroatoms. The van der Waals surface area contributed by atoms with Gasteiger partial charge in [-0.1, -0.05) is 31.9 Å². The molecule has 0 N–H and O–H groups in total. The standard InChI is InChI=1S/C29H46O4/c1-28-14-7-8-23(28)22-12-11-20-18-21(32-26-9-3-5-16-30-26)19-25(29(20,2)24(22)13-15-28)33-27-10-4-6-17-31-27/h11,21-27H,3-10,12-19H2,1-2H3/t21-,22+,23+,24+,25+,26?,27?,28+,29+/m1/s1/i32+1. The molecule has 0 radical (unpaired) electrons. The molecule has 5 fully saturated rings. The van der Waals surface area contributed by atoms with Crippen LogP contribution in [0.5, 0.6) is 0 Å². The lowest BCUT2D eigenvalue weighted by molar-refractivity contribution is -0.248. The number of rotatable bonds is 4. The minimum Gasteiger partial charge on any atom is -0.353 e. The predicted molar refractivity (Wildman–Crippen MR) is 129 cm³/mol. The zero-order valence-electron chi connectivity index (χ0n) is 21.1. The van der Waals surface area contributed by atoms with Crippen LogP contribution in [-0.4, -0.2) is 38.0 Å². The van der Waals surface area contributed by atoms with E-state index in [4.69, 9.17) is 18.9 Å². The van der Waals surface area contributed by atoms with Crippen molar-refractivity contribution in [3.8, 4) is 0 Å². The third-order valence-electron chi connectivity index (χ3n) is 10.8. The Morgan fingerprint density at radius 3 is 2.55 bits per heavy atom. The first-order valence-electron chi connectivity index (χ1n) is 14.3. The van der Waals surface area contributed by atoms with Crippen molar-refractivity contribution in [2.45, 2.75) is 129 Å². The molecule has 6 rings (SSSR count). The predicted octanol–water partition coefficient (Wildman–Crippen LogP) is 6.77. The Hall–Kier alpha value is -0.420. The smallest absolute Gasteiger partial charge is 0.157 e. The van der Waals surface area contributed by atoms with Crippen LogP contribution in [0.25, 0.3) is 0 Å². The van der Waals surface area contributed by atoms with Gasteiger partial charge in [0.05, 0.1) is 12.2 Å². The molecule has 0 aromatic heterocycles. The summed E-state index contributed by atoms with van der Waals surface area (Å²) in [7, 11) is 0. The van der Waals surface area contributed by atoms with E-state index < -0.39 is 0 Å². The summed E-state index contributed by atoms with van der Waals surface area (Å²) >= 11 is 0. The van der Waals surface area contributed by atoms with Gasteiger partial charge in [-0.25, -0.2) is 0 Å². The Morgan fingerprint density at radius 2 is 1.76 bits per heavy atom. The molecule has 2 saturated heterocycles. The highest BCUT2D eigenvalue weighted by Crippen LogP contribution is 2.65. The highest BCUT2D eigenvalue weighted by Gasteiger charge is 2.59. The van der Waals surface area contributed by atoms with Crippen LogP contribution in [0.3, 0.4) is 0 Å². The van der Waals surface area contributed by atoms with Crippen molar-refractivity contribution in [1.82, 2.24) is 0 Å². The summed E-state index contributed by atoms with van der Waals surface area (Å²) in [6.07, 6.45) is 20.3. The summed E-state index contributed by atoms with van der Waals surface area (Å²) in [6, 6.07) is 0. The van der Waals surface area contributed by atoms with E-state index in [0.29, 0.717) is 5.41 Å². The van der Waals surface area contributed by atoms with Crippen molar-refractivity contribution in [1.29, 1.82) is 0 Å². The average Bonchev–Trinajstić information content (AvgIpc) is 3.23. The molecular formula is C29H46O4. The van der Waals surface area contributed by atoms with E-state index in [0.717, 1.165) is 56.7 Å². The van der Waals surface area contributed by atoms with Crippen LogP contribution in [0.2, 0.25) is 0 Å². The maximum absolute atomic E-state index is 6.93. The molecule has 2 heterocycles. The third-order valence-corrected chi connectivity index (χ3v) is 10.8. The molecule has 4 nitrogen and oxygen atoms in total. The van der Waals surface area contributed by atoms with Crippen molar-refractivity contribution in [2.24, 2.45) is 28.6 Å². The molecule has 33 heavy (non-hydrogen) atoms. The second kappa shape index (κ2) is 9.22. The Balaban J connectivity index is 1.27. The molecule has 186 valence electrons. The Labute approximate surface area is 201 Å². The molecule has 0 aromatic rings. The van der Waals surface area contributed by atoms with Gasteiger partial charge < -0.3 is 18.9 Å². The van der Waals surface area contributed by atoms with Crippen LogP contribution < -0.4 is 0 Å². The van der Waals surface area contributed by atoms with E-state index in [-0.39, 0.29) is 30.2 Å². The van der Waals surface area contributed by atoms with Gasteiger partial charge in [0.2, 0.25) is 0 Å². The van der Waals surface area contributed by atoms with Gasteiger partial charge in [0.25, 0.3) is 0 Å². The highest BCUT2D eigenvalue weighted by atomic mass is 17.4. The fraction of sp³-hybridized carbons (Fsp3) is 0.931. The molecule has 6 aliphatic rings. The first kappa shape index (κ1) is 23.0. The quantitative estimate of drug-likeness (QED) is 0.435. The topological polar surface area (TPSA) is 36.9 Å². The Kier molecular flexibility index (Phi) is 6.43. The van der Waals surface area contributed by atoms with E-state index in [2.05, 4.69) is 19.9 Å². The third kappa shape index (κ3) is 4.15. The van der Waals surface area contributed by atoms with Gasteiger partial charge in [-0.05, 0) is 100 Å². The van der Waals surface area contributed by atoms with Gasteiger partial charge >= 0.3 is 0 Å². The zero-order valence-corrected chi connectivity index (χ0v) is 21.1. The van der Waals surface area contributed by atoms with Crippen molar-refractivity contribution < 1.29 is 18.9 Å². The lowest BCUT2D eigenvalue weighted by Crippen LogP contribution is -2.57. The molecular weight excluding hydrogens is 413 g/mol. The van der Waals surface area contributed by atoms with Gasteiger partial charge in [-0.3, -0.25) is 0 Å². The van der Waals surface area contributed by atoms with Crippen LogP contribution in [-0.2, 0) is 18.9 Å². The molecule has 0 amide bonds.